The monoisotopic (exact) mass is 289 g/mol. The number of rotatable bonds is 2. The van der Waals surface area contributed by atoms with Gasteiger partial charge in [-0.15, -0.1) is 0 Å². The molecule has 0 aliphatic rings. The lowest BCUT2D eigenvalue weighted by Gasteiger charge is -2.15. The summed E-state index contributed by atoms with van der Waals surface area (Å²) in [6, 6.07) is 10.3. The van der Waals surface area contributed by atoms with E-state index in [0.717, 1.165) is 12.1 Å². The number of aliphatic hydroxyl groups is 1. The number of benzene rings is 2. The fourth-order valence-corrected chi connectivity index (χ4v) is 2.28. The first-order chi connectivity index (χ1) is 10.1. The lowest BCUT2D eigenvalue weighted by molar-refractivity contribution is 0.214. The van der Waals surface area contributed by atoms with Crippen molar-refractivity contribution in [3.05, 3.63) is 77.2 Å². The van der Waals surface area contributed by atoms with Gasteiger partial charge < -0.3 is 5.11 Å². The van der Waals surface area contributed by atoms with Gasteiger partial charge in [0, 0.05) is 17.1 Å². The Morgan fingerprint density at radius 3 is 2.43 bits per heavy atom. The molecule has 2 aromatic carbocycles. The van der Waals surface area contributed by atoms with E-state index in [1.54, 1.807) is 24.3 Å². The van der Waals surface area contributed by atoms with Gasteiger partial charge in [-0.2, -0.15) is 0 Å². The molecule has 0 amide bonds. The highest BCUT2D eigenvalue weighted by atomic mass is 19.2. The predicted octanol–water partition coefficient (Wildman–Crippen LogP) is 3.73. The van der Waals surface area contributed by atoms with Crippen LogP contribution in [0.15, 0.2) is 48.7 Å². The van der Waals surface area contributed by atoms with Gasteiger partial charge in [-0.3, -0.25) is 4.98 Å². The largest absolute Gasteiger partial charge is 0.384 e. The van der Waals surface area contributed by atoms with Crippen molar-refractivity contribution in [2.75, 3.05) is 0 Å². The molecule has 1 heterocycles. The Hall–Kier alpha value is -2.40. The highest BCUT2D eigenvalue weighted by Crippen LogP contribution is 2.30. The second kappa shape index (κ2) is 5.18. The number of hydrogen-bond donors (Lipinski definition) is 1. The summed E-state index contributed by atoms with van der Waals surface area (Å²) in [6.45, 7) is 0. The van der Waals surface area contributed by atoms with E-state index in [4.69, 9.17) is 0 Å². The number of aliphatic hydroxyl groups excluding tert-OH is 1. The van der Waals surface area contributed by atoms with E-state index in [2.05, 4.69) is 4.98 Å². The number of aromatic nitrogens is 1. The SMILES string of the molecule is OC(c1ccc(F)c(F)c1F)c1ccnc2ccccc12. The molecule has 1 N–H and O–H groups in total. The van der Waals surface area contributed by atoms with Crippen molar-refractivity contribution in [1.82, 2.24) is 4.98 Å². The van der Waals surface area contributed by atoms with Gasteiger partial charge >= 0.3 is 0 Å². The van der Waals surface area contributed by atoms with Crippen molar-refractivity contribution in [2.45, 2.75) is 6.10 Å². The average Bonchev–Trinajstić information content (AvgIpc) is 2.51. The zero-order valence-corrected chi connectivity index (χ0v) is 10.7. The second-order valence-corrected chi connectivity index (χ2v) is 4.58. The van der Waals surface area contributed by atoms with E-state index in [1.807, 2.05) is 0 Å². The van der Waals surface area contributed by atoms with Gasteiger partial charge in [-0.05, 0) is 23.8 Å². The van der Waals surface area contributed by atoms with Crippen molar-refractivity contribution in [1.29, 1.82) is 0 Å². The van der Waals surface area contributed by atoms with Gasteiger partial charge in [0.2, 0.25) is 0 Å². The Bertz CT molecular complexity index is 814. The van der Waals surface area contributed by atoms with Crippen LogP contribution in [0, 0.1) is 17.5 Å². The summed E-state index contributed by atoms with van der Waals surface area (Å²) in [7, 11) is 0. The Morgan fingerprint density at radius 2 is 1.62 bits per heavy atom. The standard InChI is InChI=1S/C16H10F3NO/c17-12-6-5-11(14(18)15(12)19)16(21)10-7-8-20-13-4-2-1-3-9(10)13/h1-8,16,21H. The van der Waals surface area contributed by atoms with Gasteiger partial charge in [0.1, 0.15) is 6.10 Å². The highest BCUT2D eigenvalue weighted by molar-refractivity contribution is 5.82. The molecule has 106 valence electrons. The second-order valence-electron chi connectivity index (χ2n) is 4.58. The van der Waals surface area contributed by atoms with Crippen LogP contribution in [0.3, 0.4) is 0 Å². The van der Waals surface area contributed by atoms with E-state index in [-0.39, 0.29) is 5.56 Å². The molecule has 21 heavy (non-hydrogen) atoms. The van der Waals surface area contributed by atoms with Crippen LogP contribution >= 0.6 is 0 Å². The Balaban J connectivity index is 2.17. The number of pyridine rings is 1. The van der Waals surface area contributed by atoms with Crippen molar-refractivity contribution in [2.24, 2.45) is 0 Å². The van der Waals surface area contributed by atoms with Crippen LogP contribution in [0.25, 0.3) is 10.9 Å². The fourth-order valence-electron chi connectivity index (χ4n) is 2.28. The van der Waals surface area contributed by atoms with Crippen LogP contribution in [0.4, 0.5) is 13.2 Å². The van der Waals surface area contributed by atoms with E-state index < -0.39 is 23.6 Å². The van der Waals surface area contributed by atoms with Crippen molar-refractivity contribution in [3.63, 3.8) is 0 Å². The van der Waals surface area contributed by atoms with Crippen LogP contribution in [0.5, 0.6) is 0 Å². The number of hydrogen-bond acceptors (Lipinski definition) is 2. The molecule has 0 spiro atoms. The molecule has 1 atom stereocenters. The number of nitrogens with zero attached hydrogens (tertiary/aromatic N) is 1. The van der Waals surface area contributed by atoms with E-state index in [1.165, 1.54) is 12.3 Å². The Labute approximate surface area is 118 Å². The molecule has 0 saturated carbocycles. The molecule has 0 saturated heterocycles. The third-order valence-corrected chi connectivity index (χ3v) is 3.34. The topological polar surface area (TPSA) is 33.1 Å². The minimum Gasteiger partial charge on any atom is -0.384 e. The number of halogens is 3. The number of para-hydroxylation sites is 1. The molecule has 3 aromatic rings. The first-order valence-electron chi connectivity index (χ1n) is 6.24. The maximum Gasteiger partial charge on any atom is 0.194 e. The summed E-state index contributed by atoms with van der Waals surface area (Å²) < 4.78 is 40.1. The van der Waals surface area contributed by atoms with E-state index in [0.29, 0.717) is 16.5 Å². The third-order valence-electron chi connectivity index (χ3n) is 3.34. The molecule has 3 rings (SSSR count). The van der Waals surface area contributed by atoms with Gasteiger partial charge in [-0.25, -0.2) is 13.2 Å². The summed E-state index contributed by atoms with van der Waals surface area (Å²) >= 11 is 0. The molecule has 1 unspecified atom stereocenters. The van der Waals surface area contributed by atoms with Crippen LogP contribution in [0.2, 0.25) is 0 Å². The molecular weight excluding hydrogens is 279 g/mol. The van der Waals surface area contributed by atoms with Crippen molar-refractivity contribution >= 4 is 10.9 Å². The zero-order chi connectivity index (χ0) is 15.0. The quantitative estimate of drug-likeness (QED) is 0.729. The van der Waals surface area contributed by atoms with E-state index in [9.17, 15) is 18.3 Å². The lowest BCUT2D eigenvalue weighted by Crippen LogP contribution is -2.06. The predicted molar refractivity (Wildman–Crippen MR) is 72.1 cm³/mol. The molecule has 2 nitrogen and oxygen atoms in total. The summed E-state index contributed by atoms with van der Waals surface area (Å²) in [6.07, 6.45) is 0.0616. The van der Waals surface area contributed by atoms with Crippen LogP contribution in [-0.2, 0) is 0 Å². The summed E-state index contributed by atoms with van der Waals surface area (Å²) in [5.74, 6) is -4.27. The highest BCUT2D eigenvalue weighted by Gasteiger charge is 2.21. The van der Waals surface area contributed by atoms with Crippen LogP contribution in [0.1, 0.15) is 17.2 Å². The summed E-state index contributed by atoms with van der Waals surface area (Å²) in [5.41, 5.74) is 0.688. The van der Waals surface area contributed by atoms with Crippen LogP contribution < -0.4 is 0 Å². The van der Waals surface area contributed by atoms with Gasteiger partial charge in [0.05, 0.1) is 5.52 Å². The fraction of sp³-hybridized carbons (Fsp3) is 0.0625. The van der Waals surface area contributed by atoms with Crippen LogP contribution in [-0.4, -0.2) is 10.1 Å². The first-order valence-corrected chi connectivity index (χ1v) is 6.24. The molecule has 0 radical (unpaired) electrons. The summed E-state index contributed by atoms with van der Waals surface area (Å²) in [4.78, 5) is 4.13. The van der Waals surface area contributed by atoms with Gasteiger partial charge in [0.15, 0.2) is 17.5 Å². The Morgan fingerprint density at radius 1 is 0.857 bits per heavy atom. The molecule has 0 fully saturated rings. The van der Waals surface area contributed by atoms with Crippen molar-refractivity contribution < 1.29 is 18.3 Å². The zero-order valence-electron chi connectivity index (χ0n) is 10.7. The summed E-state index contributed by atoms with van der Waals surface area (Å²) in [5, 5.41) is 11.0. The number of fused-ring (bicyclic) bond motifs is 1. The first kappa shape index (κ1) is 13.6. The maximum atomic E-state index is 13.8. The lowest BCUT2D eigenvalue weighted by atomic mass is 9.97. The molecule has 0 aliphatic heterocycles. The average molecular weight is 289 g/mol. The molecular formula is C16H10F3NO. The van der Waals surface area contributed by atoms with Gasteiger partial charge in [0.25, 0.3) is 0 Å². The third kappa shape index (κ3) is 2.25. The normalized spacial score (nSPS) is 12.6. The van der Waals surface area contributed by atoms with Crippen molar-refractivity contribution in [3.8, 4) is 0 Å². The molecule has 1 aromatic heterocycles. The molecule has 5 heteroatoms. The Kier molecular flexibility index (Phi) is 3.35. The minimum absolute atomic E-state index is 0.315. The smallest absolute Gasteiger partial charge is 0.194 e. The molecule has 0 aliphatic carbocycles. The maximum absolute atomic E-state index is 13.8. The minimum atomic E-state index is -1.59. The molecule has 0 bridgehead atoms. The van der Waals surface area contributed by atoms with Gasteiger partial charge in [-0.1, -0.05) is 24.3 Å². The van der Waals surface area contributed by atoms with E-state index >= 15 is 0 Å².